The molecule has 0 spiro atoms. The molecule has 11 heavy (non-hydrogen) atoms. The summed E-state index contributed by atoms with van der Waals surface area (Å²) in [7, 11) is 1.93. The van der Waals surface area contributed by atoms with Gasteiger partial charge < -0.3 is 5.32 Å². The first-order chi connectivity index (χ1) is 5.25. The molecule has 0 radical (unpaired) electrons. The summed E-state index contributed by atoms with van der Waals surface area (Å²) in [6, 6.07) is 0. The summed E-state index contributed by atoms with van der Waals surface area (Å²) in [5, 5.41) is 3.10. The molecule has 0 aromatic carbocycles. The minimum absolute atomic E-state index is 0.322. The van der Waals surface area contributed by atoms with Gasteiger partial charge in [0.2, 0.25) is 0 Å². The molecule has 1 aliphatic rings. The van der Waals surface area contributed by atoms with Crippen LogP contribution in [0.5, 0.6) is 0 Å². The predicted molar refractivity (Wildman–Crippen MR) is 48.0 cm³/mol. The second-order valence-electron chi connectivity index (χ2n) is 3.65. The van der Waals surface area contributed by atoms with Crippen LogP contribution in [0.1, 0.15) is 19.3 Å². The van der Waals surface area contributed by atoms with E-state index in [1.165, 1.54) is 0 Å². The van der Waals surface area contributed by atoms with Gasteiger partial charge in [-0.25, -0.2) is 4.39 Å². The summed E-state index contributed by atoms with van der Waals surface area (Å²) < 4.78 is 13.1. The average Bonchev–Trinajstić information content (AvgIpc) is 2.36. The van der Waals surface area contributed by atoms with Crippen LogP contribution in [-0.2, 0) is 0 Å². The molecule has 0 saturated heterocycles. The molecule has 0 bridgehead atoms. The zero-order chi connectivity index (χ0) is 8.27. The molecule has 0 amide bonds. The van der Waals surface area contributed by atoms with Crippen LogP contribution >= 0.6 is 0 Å². The molecule has 2 atom stereocenters. The fourth-order valence-electron chi connectivity index (χ4n) is 2.06. The van der Waals surface area contributed by atoms with Crippen LogP contribution in [-0.4, -0.2) is 26.4 Å². The van der Waals surface area contributed by atoms with Gasteiger partial charge >= 0.3 is 0 Å². The molecule has 1 saturated carbocycles. The Labute approximate surface area is 68.8 Å². The average molecular weight is 157 g/mol. The van der Waals surface area contributed by atoms with E-state index < -0.39 is 6.17 Å². The Balaban J connectivity index is 2.33. The highest BCUT2D eigenvalue weighted by Gasteiger charge is 2.32. The maximum absolute atomic E-state index is 13.1. The lowest BCUT2D eigenvalue weighted by Crippen LogP contribution is -2.32. The van der Waals surface area contributed by atoms with Crippen molar-refractivity contribution in [2.45, 2.75) is 38.1 Å². The topological polar surface area (TPSA) is 12.0 Å². The van der Waals surface area contributed by atoms with Crippen molar-refractivity contribution in [2.24, 2.45) is 0 Å². The van der Waals surface area contributed by atoms with Crippen LogP contribution in [0, 0.1) is 0 Å². The van der Waals surface area contributed by atoms with Gasteiger partial charge in [0.15, 0.2) is 6.71 Å². The first-order valence-electron chi connectivity index (χ1n) is 4.54. The van der Waals surface area contributed by atoms with Crippen molar-refractivity contribution >= 4 is 6.71 Å². The van der Waals surface area contributed by atoms with Gasteiger partial charge in [-0.1, -0.05) is 19.7 Å². The molecule has 0 heterocycles. The molecule has 1 rings (SSSR count). The van der Waals surface area contributed by atoms with Crippen LogP contribution in [0.3, 0.4) is 0 Å². The third kappa shape index (κ3) is 2.19. The molecule has 2 unspecified atom stereocenters. The van der Waals surface area contributed by atoms with E-state index in [1.807, 2.05) is 7.05 Å². The van der Waals surface area contributed by atoms with E-state index in [4.69, 9.17) is 0 Å². The van der Waals surface area contributed by atoms with E-state index in [-0.39, 0.29) is 0 Å². The van der Waals surface area contributed by atoms with Crippen LogP contribution in [0.4, 0.5) is 4.39 Å². The van der Waals surface area contributed by atoms with E-state index in [2.05, 4.69) is 12.1 Å². The van der Waals surface area contributed by atoms with Crippen molar-refractivity contribution in [3.63, 3.8) is 0 Å². The molecule has 1 N–H and O–H groups in total. The van der Waals surface area contributed by atoms with Crippen LogP contribution in [0.15, 0.2) is 0 Å². The fraction of sp³-hybridized carbons (Fsp3) is 1.00. The summed E-state index contributed by atoms with van der Waals surface area (Å²) in [6.07, 6.45) is 3.38. The summed E-state index contributed by atoms with van der Waals surface area (Å²) in [6.45, 7) is 2.64. The van der Waals surface area contributed by atoms with E-state index in [0.29, 0.717) is 12.5 Å². The fourth-order valence-corrected chi connectivity index (χ4v) is 2.06. The van der Waals surface area contributed by atoms with Crippen molar-refractivity contribution in [3.8, 4) is 0 Å². The molecule has 64 valence electrons. The van der Waals surface area contributed by atoms with Crippen molar-refractivity contribution in [1.82, 2.24) is 5.32 Å². The van der Waals surface area contributed by atoms with Crippen molar-refractivity contribution in [3.05, 3.63) is 0 Å². The van der Waals surface area contributed by atoms with Gasteiger partial charge in [-0.2, -0.15) is 0 Å². The summed E-state index contributed by atoms with van der Waals surface area (Å²) in [5.41, 5.74) is 0. The predicted octanol–water partition coefficient (Wildman–Crippen LogP) is 1.76. The molecule has 0 aromatic heterocycles. The third-order valence-corrected chi connectivity index (χ3v) is 2.74. The van der Waals surface area contributed by atoms with Crippen molar-refractivity contribution in [2.75, 3.05) is 13.5 Å². The zero-order valence-electron chi connectivity index (χ0n) is 7.44. The van der Waals surface area contributed by atoms with E-state index >= 15 is 0 Å². The zero-order valence-corrected chi connectivity index (χ0v) is 7.44. The minimum Gasteiger partial charge on any atom is -0.327 e. The van der Waals surface area contributed by atoms with Crippen molar-refractivity contribution < 1.29 is 4.39 Å². The Morgan fingerprint density at radius 2 is 2.27 bits per heavy atom. The summed E-state index contributed by atoms with van der Waals surface area (Å²) in [4.78, 5) is 0. The molecule has 0 aliphatic heterocycles. The lowest BCUT2D eigenvalue weighted by Gasteiger charge is -2.17. The molecular formula is C8H17BFN. The molecule has 3 heteroatoms. The number of rotatable bonds is 3. The maximum Gasteiger partial charge on any atom is 0.159 e. The van der Waals surface area contributed by atoms with Crippen LogP contribution in [0.2, 0.25) is 12.6 Å². The smallest absolute Gasteiger partial charge is 0.159 e. The van der Waals surface area contributed by atoms with Gasteiger partial charge in [0.1, 0.15) is 0 Å². The quantitative estimate of drug-likeness (QED) is 0.615. The van der Waals surface area contributed by atoms with Gasteiger partial charge in [0.05, 0.1) is 6.17 Å². The van der Waals surface area contributed by atoms with Gasteiger partial charge in [0, 0.05) is 0 Å². The first kappa shape index (κ1) is 9.05. The highest BCUT2D eigenvalue weighted by Crippen LogP contribution is 2.35. The highest BCUT2D eigenvalue weighted by atomic mass is 19.1. The second-order valence-corrected chi connectivity index (χ2v) is 3.65. The minimum atomic E-state index is -0.529. The van der Waals surface area contributed by atoms with Crippen molar-refractivity contribution in [1.29, 1.82) is 0 Å². The number of nitrogens with one attached hydrogen (secondary N) is 1. The number of hydrogen-bond donors (Lipinski definition) is 1. The molecule has 0 aromatic rings. The SMILES string of the molecule is CNCB(C)C1CCCC1F. The largest absolute Gasteiger partial charge is 0.327 e. The Morgan fingerprint density at radius 3 is 2.73 bits per heavy atom. The highest BCUT2D eigenvalue weighted by molar-refractivity contribution is 6.59. The van der Waals surface area contributed by atoms with Crippen LogP contribution < -0.4 is 5.32 Å². The summed E-state index contributed by atoms with van der Waals surface area (Å²) >= 11 is 0. The molecule has 1 aliphatic carbocycles. The van der Waals surface area contributed by atoms with Crippen LogP contribution in [0.25, 0.3) is 0 Å². The Hall–Kier alpha value is -0.0451. The standard InChI is InChI=1S/C8H17BFN/c1-9(6-11-2)7-4-3-5-8(7)10/h7-8,11H,3-6H2,1-2H3. The normalized spacial score (nSPS) is 30.8. The van der Waals surface area contributed by atoms with Gasteiger partial charge in [0.25, 0.3) is 0 Å². The number of halogens is 1. The molecule has 1 nitrogen and oxygen atoms in total. The van der Waals surface area contributed by atoms with Gasteiger partial charge in [-0.15, -0.1) is 0 Å². The lowest BCUT2D eigenvalue weighted by molar-refractivity contribution is 0.339. The number of alkyl halides is 1. The maximum atomic E-state index is 13.1. The Bertz CT molecular complexity index is 121. The van der Waals surface area contributed by atoms with Gasteiger partial charge in [-0.05, 0) is 25.7 Å². The van der Waals surface area contributed by atoms with E-state index in [1.54, 1.807) is 0 Å². The van der Waals surface area contributed by atoms with E-state index in [9.17, 15) is 4.39 Å². The lowest BCUT2D eigenvalue weighted by atomic mass is 9.42. The summed E-state index contributed by atoms with van der Waals surface area (Å²) in [5.74, 6) is 0.322. The van der Waals surface area contributed by atoms with Gasteiger partial charge in [-0.3, -0.25) is 0 Å². The molecule has 1 fully saturated rings. The number of hydrogen-bond acceptors (Lipinski definition) is 1. The first-order valence-corrected chi connectivity index (χ1v) is 4.54. The monoisotopic (exact) mass is 157 g/mol. The Kier molecular flexibility index (Phi) is 3.37. The van der Waals surface area contributed by atoms with E-state index in [0.717, 1.165) is 25.7 Å². The molecular weight excluding hydrogens is 140 g/mol. The Morgan fingerprint density at radius 1 is 1.55 bits per heavy atom. The second kappa shape index (κ2) is 4.10. The third-order valence-electron chi connectivity index (χ3n) is 2.74.